The fourth-order valence-electron chi connectivity index (χ4n) is 3.78. The Morgan fingerprint density at radius 3 is 2.53 bits per heavy atom. The third-order valence-corrected chi connectivity index (χ3v) is 5.78. The van der Waals surface area contributed by atoms with Gasteiger partial charge in [0.15, 0.2) is 5.75 Å². The van der Waals surface area contributed by atoms with E-state index in [9.17, 15) is 9.59 Å². The molecule has 0 aliphatic carbocycles. The first-order chi connectivity index (χ1) is 16.6. The van der Waals surface area contributed by atoms with Crippen LogP contribution >= 0.6 is 11.6 Å². The number of carbonyl (C=O) groups excluding carboxylic acids is 2. The minimum Gasteiger partial charge on any atom is -0.455 e. The number of benzene rings is 3. The second-order valence-corrected chi connectivity index (χ2v) is 8.27. The maximum atomic E-state index is 13.5. The van der Waals surface area contributed by atoms with Crippen LogP contribution in [0.25, 0.3) is 0 Å². The van der Waals surface area contributed by atoms with Crippen LogP contribution in [-0.2, 0) is 13.1 Å². The van der Waals surface area contributed by atoms with Crippen molar-refractivity contribution in [3.05, 3.63) is 119 Å². The lowest BCUT2D eigenvalue weighted by molar-refractivity contribution is 0.0947. The van der Waals surface area contributed by atoms with Gasteiger partial charge in [0.25, 0.3) is 11.8 Å². The summed E-state index contributed by atoms with van der Waals surface area (Å²) in [6.07, 6.45) is 3.39. The van der Waals surface area contributed by atoms with Gasteiger partial charge in [-0.05, 0) is 60.2 Å². The van der Waals surface area contributed by atoms with Gasteiger partial charge in [0.2, 0.25) is 0 Å². The molecule has 2 heterocycles. The zero-order chi connectivity index (χ0) is 23.5. The Hall–Kier alpha value is -4.16. The van der Waals surface area contributed by atoms with E-state index >= 15 is 0 Å². The molecule has 3 aromatic carbocycles. The summed E-state index contributed by atoms with van der Waals surface area (Å²) in [6, 6.07) is 23.1. The Morgan fingerprint density at radius 2 is 1.74 bits per heavy atom. The van der Waals surface area contributed by atoms with E-state index in [4.69, 9.17) is 16.3 Å². The van der Waals surface area contributed by atoms with Gasteiger partial charge >= 0.3 is 0 Å². The number of rotatable bonds is 4. The average molecular weight is 470 g/mol. The molecule has 1 aliphatic rings. The van der Waals surface area contributed by atoms with Crippen LogP contribution in [0.4, 0.5) is 5.69 Å². The highest BCUT2D eigenvalue weighted by atomic mass is 35.5. The van der Waals surface area contributed by atoms with Crippen LogP contribution in [0.1, 0.15) is 31.8 Å². The molecule has 168 valence electrons. The molecule has 1 aromatic heterocycles. The van der Waals surface area contributed by atoms with E-state index in [1.807, 2.05) is 36.4 Å². The number of halogens is 1. The van der Waals surface area contributed by atoms with E-state index in [1.54, 1.807) is 59.8 Å². The number of carbonyl (C=O) groups is 2. The Morgan fingerprint density at radius 1 is 0.941 bits per heavy atom. The summed E-state index contributed by atoms with van der Waals surface area (Å²) in [6.45, 7) is 0.702. The number of fused-ring (bicyclic) bond motifs is 2. The summed E-state index contributed by atoms with van der Waals surface area (Å²) in [5, 5.41) is 3.37. The summed E-state index contributed by atoms with van der Waals surface area (Å²) in [4.78, 5) is 31.8. The highest BCUT2D eigenvalue weighted by Gasteiger charge is 2.26. The summed E-state index contributed by atoms with van der Waals surface area (Å²) >= 11 is 6.24. The average Bonchev–Trinajstić information content (AvgIpc) is 3.04. The number of hydrogen-bond donors (Lipinski definition) is 1. The van der Waals surface area contributed by atoms with E-state index in [-0.39, 0.29) is 11.8 Å². The van der Waals surface area contributed by atoms with Crippen molar-refractivity contribution < 1.29 is 14.3 Å². The van der Waals surface area contributed by atoms with Gasteiger partial charge in [-0.15, -0.1) is 0 Å². The van der Waals surface area contributed by atoms with E-state index in [0.29, 0.717) is 46.4 Å². The van der Waals surface area contributed by atoms with Gasteiger partial charge < -0.3 is 15.0 Å². The van der Waals surface area contributed by atoms with E-state index in [0.717, 1.165) is 11.1 Å². The van der Waals surface area contributed by atoms with Crippen LogP contribution in [0, 0.1) is 0 Å². The minimum atomic E-state index is -0.225. The van der Waals surface area contributed by atoms with Gasteiger partial charge in [-0.2, -0.15) is 0 Å². The number of para-hydroxylation sites is 1. The van der Waals surface area contributed by atoms with Gasteiger partial charge in [-0.1, -0.05) is 35.9 Å². The molecule has 6 nitrogen and oxygen atoms in total. The Kier molecular flexibility index (Phi) is 5.97. The summed E-state index contributed by atoms with van der Waals surface area (Å²) < 4.78 is 6.08. The standard InChI is InChI=1S/C27H20ClN3O3/c28-22-11-12-25-23(14-22)31(17-21-5-1-2-6-24(21)34-25)27(33)20-9-7-19(8-10-20)26(32)30-16-18-4-3-13-29-15-18/h1-15H,16-17H2,(H,30,32). The maximum Gasteiger partial charge on any atom is 0.258 e. The number of nitrogens with one attached hydrogen (secondary N) is 1. The lowest BCUT2D eigenvalue weighted by Crippen LogP contribution is -2.30. The van der Waals surface area contributed by atoms with Crippen molar-refractivity contribution in [1.82, 2.24) is 10.3 Å². The van der Waals surface area contributed by atoms with Crippen molar-refractivity contribution in [2.75, 3.05) is 4.90 Å². The summed E-state index contributed by atoms with van der Waals surface area (Å²) in [5.74, 6) is 0.805. The van der Waals surface area contributed by atoms with E-state index in [1.165, 1.54) is 0 Å². The molecule has 0 fully saturated rings. The molecule has 5 rings (SSSR count). The molecule has 1 aliphatic heterocycles. The number of pyridine rings is 1. The third-order valence-electron chi connectivity index (χ3n) is 5.55. The fraction of sp³-hybridized carbons (Fsp3) is 0.0741. The van der Waals surface area contributed by atoms with Crippen molar-refractivity contribution in [1.29, 1.82) is 0 Å². The van der Waals surface area contributed by atoms with Crippen LogP contribution in [0.5, 0.6) is 11.5 Å². The number of amides is 2. The molecule has 7 heteroatoms. The molecular formula is C27H20ClN3O3. The maximum absolute atomic E-state index is 13.5. The molecule has 0 atom stereocenters. The minimum absolute atomic E-state index is 0.217. The van der Waals surface area contributed by atoms with Crippen LogP contribution in [0.3, 0.4) is 0 Å². The van der Waals surface area contributed by atoms with Crippen LogP contribution in [0.15, 0.2) is 91.3 Å². The summed E-state index contributed by atoms with van der Waals surface area (Å²) in [5.41, 5.74) is 3.30. The topological polar surface area (TPSA) is 71.5 Å². The monoisotopic (exact) mass is 469 g/mol. The van der Waals surface area contributed by atoms with Crippen molar-refractivity contribution >= 4 is 29.1 Å². The largest absolute Gasteiger partial charge is 0.455 e. The van der Waals surface area contributed by atoms with Crippen LogP contribution < -0.4 is 15.0 Å². The summed E-state index contributed by atoms with van der Waals surface area (Å²) in [7, 11) is 0. The molecule has 0 saturated carbocycles. The molecule has 0 saturated heterocycles. The fourth-order valence-corrected chi connectivity index (χ4v) is 3.95. The van der Waals surface area contributed by atoms with Gasteiger partial charge in [0, 0.05) is 40.7 Å². The second-order valence-electron chi connectivity index (χ2n) is 7.83. The Balaban J connectivity index is 1.38. The van der Waals surface area contributed by atoms with E-state index < -0.39 is 0 Å². The van der Waals surface area contributed by atoms with E-state index in [2.05, 4.69) is 10.3 Å². The molecular weight excluding hydrogens is 450 g/mol. The van der Waals surface area contributed by atoms with Crippen molar-refractivity contribution in [3.8, 4) is 11.5 Å². The quantitative estimate of drug-likeness (QED) is 0.421. The predicted molar refractivity (Wildman–Crippen MR) is 130 cm³/mol. The molecule has 0 radical (unpaired) electrons. The number of aromatic nitrogens is 1. The number of anilines is 1. The highest BCUT2D eigenvalue weighted by molar-refractivity contribution is 6.31. The van der Waals surface area contributed by atoms with Gasteiger partial charge in [-0.3, -0.25) is 14.6 Å². The van der Waals surface area contributed by atoms with Gasteiger partial charge in [0.05, 0.1) is 12.2 Å². The molecule has 4 aromatic rings. The molecule has 1 N–H and O–H groups in total. The number of hydrogen-bond acceptors (Lipinski definition) is 4. The van der Waals surface area contributed by atoms with Crippen LogP contribution in [-0.4, -0.2) is 16.8 Å². The number of nitrogens with zero attached hydrogens (tertiary/aromatic N) is 2. The van der Waals surface area contributed by atoms with Gasteiger partial charge in [0.1, 0.15) is 5.75 Å². The predicted octanol–water partition coefficient (Wildman–Crippen LogP) is 5.62. The number of ether oxygens (including phenoxy) is 1. The molecule has 34 heavy (non-hydrogen) atoms. The van der Waals surface area contributed by atoms with Crippen LogP contribution in [0.2, 0.25) is 5.02 Å². The first-order valence-electron chi connectivity index (χ1n) is 10.7. The zero-order valence-corrected chi connectivity index (χ0v) is 18.8. The lowest BCUT2D eigenvalue weighted by Gasteiger charge is -2.22. The molecule has 0 spiro atoms. The van der Waals surface area contributed by atoms with Crippen molar-refractivity contribution in [3.63, 3.8) is 0 Å². The molecule has 0 unspecified atom stereocenters. The Bertz CT molecular complexity index is 1360. The van der Waals surface area contributed by atoms with Crippen molar-refractivity contribution in [2.24, 2.45) is 0 Å². The molecule has 0 bridgehead atoms. The highest BCUT2D eigenvalue weighted by Crippen LogP contribution is 2.40. The smallest absolute Gasteiger partial charge is 0.258 e. The first-order valence-corrected chi connectivity index (χ1v) is 11.1. The SMILES string of the molecule is O=C(NCc1cccnc1)c1ccc(C(=O)N2Cc3ccccc3Oc3ccc(Cl)cc32)cc1. The third kappa shape index (κ3) is 4.49. The van der Waals surface area contributed by atoms with Gasteiger partial charge in [-0.25, -0.2) is 0 Å². The first kappa shape index (κ1) is 21.7. The Labute approximate surface area is 201 Å². The lowest BCUT2D eigenvalue weighted by atomic mass is 10.1. The second kappa shape index (κ2) is 9.37. The zero-order valence-electron chi connectivity index (χ0n) is 18.1. The van der Waals surface area contributed by atoms with Crippen molar-refractivity contribution in [2.45, 2.75) is 13.1 Å². The normalized spacial score (nSPS) is 12.1. The molecule has 2 amide bonds.